The van der Waals surface area contributed by atoms with Crippen LogP contribution in [0.5, 0.6) is 0 Å². The summed E-state index contributed by atoms with van der Waals surface area (Å²) in [5, 5.41) is 12.3. The molecule has 0 aromatic heterocycles. The number of ether oxygens (including phenoxy) is 1. The predicted octanol–water partition coefficient (Wildman–Crippen LogP) is 1.41. The molecule has 1 fully saturated rings. The van der Waals surface area contributed by atoms with E-state index in [1.54, 1.807) is 6.92 Å². The van der Waals surface area contributed by atoms with Gasteiger partial charge in [-0.1, -0.05) is 30.3 Å². The SMILES string of the molecule is CC1(C(=O)N[C@@H](CO)c2ccccc2)CCCO1. The summed E-state index contributed by atoms with van der Waals surface area (Å²) in [5.41, 5.74) is 0.150. The van der Waals surface area contributed by atoms with E-state index in [-0.39, 0.29) is 18.6 Å². The van der Waals surface area contributed by atoms with E-state index in [0.717, 1.165) is 18.4 Å². The maximum atomic E-state index is 12.2. The molecule has 4 nitrogen and oxygen atoms in total. The second-order valence-electron chi connectivity index (χ2n) is 4.80. The number of aliphatic hydroxyl groups excluding tert-OH is 1. The third-order valence-corrected chi connectivity index (χ3v) is 3.39. The average Bonchev–Trinajstić information content (AvgIpc) is 2.85. The van der Waals surface area contributed by atoms with E-state index in [4.69, 9.17) is 4.74 Å². The normalized spacial score (nSPS) is 24.8. The van der Waals surface area contributed by atoms with E-state index in [1.807, 2.05) is 30.3 Å². The van der Waals surface area contributed by atoms with Gasteiger partial charge in [0.1, 0.15) is 5.60 Å². The van der Waals surface area contributed by atoms with Gasteiger partial charge >= 0.3 is 0 Å². The maximum Gasteiger partial charge on any atom is 0.252 e. The Kier molecular flexibility index (Phi) is 3.99. The minimum absolute atomic E-state index is 0.119. The topological polar surface area (TPSA) is 58.6 Å². The van der Waals surface area contributed by atoms with Crippen molar-refractivity contribution >= 4 is 5.91 Å². The first-order valence-electron chi connectivity index (χ1n) is 6.26. The van der Waals surface area contributed by atoms with Crippen LogP contribution in [0.25, 0.3) is 0 Å². The molecule has 1 unspecified atom stereocenters. The van der Waals surface area contributed by atoms with Gasteiger partial charge in [-0.05, 0) is 25.3 Å². The van der Waals surface area contributed by atoms with Crippen molar-refractivity contribution in [3.8, 4) is 0 Å². The molecular formula is C14H19NO3. The van der Waals surface area contributed by atoms with Crippen molar-refractivity contribution in [1.82, 2.24) is 5.32 Å². The highest BCUT2D eigenvalue weighted by molar-refractivity contribution is 5.85. The first-order chi connectivity index (χ1) is 8.65. The molecule has 2 atom stereocenters. The summed E-state index contributed by atoms with van der Waals surface area (Å²) < 4.78 is 5.49. The van der Waals surface area contributed by atoms with Crippen LogP contribution in [0.15, 0.2) is 30.3 Å². The van der Waals surface area contributed by atoms with Crippen LogP contribution in [0.4, 0.5) is 0 Å². The quantitative estimate of drug-likeness (QED) is 0.848. The maximum absolute atomic E-state index is 12.2. The molecule has 0 saturated carbocycles. The van der Waals surface area contributed by atoms with Gasteiger partial charge in [0.25, 0.3) is 5.91 Å². The molecule has 2 rings (SSSR count). The van der Waals surface area contributed by atoms with Crippen LogP contribution in [0.3, 0.4) is 0 Å². The van der Waals surface area contributed by atoms with Gasteiger partial charge in [-0.15, -0.1) is 0 Å². The fraction of sp³-hybridized carbons (Fsp3) is 0.500. The van der Waals surface area contributed by atoms with Crippen molar-refractivity contribution in [3.05, 3.63) is 35.9 Å². The van der Waals surface area contributed by atoms with Gasteiger partial charge in [0.2, 0.25) is 0 Å². The van der Waals surface area contributed by atoms with Crippen LogP contribution in [0.2, 0.25) is 0 Å². The van der Waals surface area contributed by atoms with Gasteiger partial charge in [-0.3, -0.25) is 4.79 Å². The Morgan fingerprint density at radius 3 is 2.78 bits per heavy atom. The highest BCUT2D eigenvalue weighted by Crippen LogP contribution is 2.26. The van der Waals surface area contributed by atoms with Crippen LogP contribution in [-0.2, 0) is 9.53 Å². The molecule has 0 spiro atoms. The zero-order valence-electron chi connectivity index (χ0n) is 10.6. The molecule has 0 bridgehead atoms. The summed E-state index contributed by atoms with van der Waals surface area (Å²) in [6, 6.07) is 9.08. The van der Waals surface area contributed by atoms with Crippen molar-refractivity contribution < 1.29 is 14.6 Å². The number of carbonyl (C=O) groups is 1. The molecule has 1 saturated heterocycles. The van der Waals surface area contributed by atoms with Gasteiger partial charge in [0.05, 0.1) is 12.6 Å². The molecular weight excluding hydrogens is 230 g/mol. The molecule has 1 aromatic carbocycles. The van der Waals surface area contributed by atoms with Gasteiger partial charge in [-0.2, -0.15) is 0 Å². The fourth-order valence-electron chi connectivity index (χ4n) is 2.19. The Morgan fingerprint density at radius 2 is 2.22 bits per heavy atom. The van der Waals surface area contributed by atoms with Crippen molar-refractivity contribution in [3.63, 3.8) is 0 Å². The van der Waals surface area contributed by atoms with Crippen molar-refractivity contribution in [2.24, 2.45) is 0 Å². The van der Waals surface area contributed by atoms with E-state index < -0.39 is 5.60 Å². The zero-order chi connectivity index (χ0) is 13.0. The molecule has 2 N–H and O–H groups in total. The number of nitrogens with one attached hydrogen (secondary N) is 1. The molecule has 0 radical (unpaired) electrons. The first-order valence-corrected chi connectivity index (χ1v) is 6.26. The Balaban J connectivity index is 2.05. The average molecular weight is 249 g/mol. The minimum atomic E-state index is -0.748. The van der Waals surface area contributed by atoms with Crippen molar-refractivity contribution in [1.29, 1.82) is 0 Å². The van der Waals surface area contributed by atoms with Gasteiger partial charge in [-0.25, -0.2) is 0 Å². The molecule has 1 aliphatic rings. The number of aliphatic hydroxyl groups is 1. The lowest BCUT2D eigenvalue weighted by Gasteiger charge is -2.25. The van der Waals surface area contributed by atoms with Crippen LogP contribution >= 0.6 is 0 Å². The van der Waals surface area contributed by atoms with Crippen LogP contribution in [-0.4, -0.2) is 29.8 Å². The van der Waals surface area contributed by atoms with E-state index >= 15 is 0 Å². The summed E-state index contributed by atoms with van der Waals surface area (Å²) >= 11 is 0. The lowest BCUT2D eigenvalue weighted by atomic mass is 10.00. The van der Waals surface area contributed by atoms with Gasteiger partial charge < -0.3 is 15.2 Å². The fourth-order valence-corrected chi connectivity index (χ4v) is 2.19. The second kappa shape index (κ2) is 5.50. The molecule has 1 aliphatic heterocycles. The molecule has 1 amide bonds. The molecule has 1 aromatic rings. The van der Waals surface area contributed by atoms with Crippen LogP contribution in [0.1, 0.15) is 31.4 Å². The molecule has 18 heavy (non-hydrogen) atoms. The molecule has 98 valence electrons. The lowest BCUT2D eigenvalue weighted by Crippen LogP contribution is -2.46. The van der Waals surface area contributed by atoms with E-state index in [0.29, 0.717) is 6.61 Å². The number of benzene rings is 1. The Labute approximate surface area is 107 Å². The van der Waals surface area contributed by atoms with Gasteiger partial charge in [0, 0.05) is 6.61 Å². The number of hydrogen-bond donors (Lipinski definition) is 2. The third-order valence-electron chi connectivity index (χ3n) is 3.39. The Morgan fingerprint density at radius 1 is 1.50 bits per heavy atom. The number of hydrogen-bond acceptors (Lipinski definition) is 3. The Bertz CT molecular complexity index is 399. The lowest BCUT2D eigenvalue weighted by molar-refractivity contribution is -0.140. The molecule has 4 heteroatoms. The van der Waals surface area contributed by atoms with Gasteiger partial charge in [0.15, 0.2) is 0 Å². The standard InChI is InChI=1S/C14H19NO3/c1-14(8-5-9-18-14)13(17)15-12(10-16)11-6-3-2-4-7-11/h2-4,6-7,12,16H,5,8-10H2,1H3,(H,15,17)/t12-,14?/m0/s1. The largest absolute Gasteiger partial charge is 0.394 e. The third kappa shape index (κ3) is 2.71. The number of amides is 1. The van der Waals surface area contributed by atoms with Crippen LogP contribution in [0, 0.1) is 0 Å². The van der Waals surface area contributed by atoms with E-state index in [9.17, 15) is 9.90 Å². The summed E-state index contributed by atoms with van der Waals surface area (Å²) in [5.74, 6) is -0.150. The van der Waals surface area contributed by atoms with Crippen molar-refractivity contribution in [2.75, 3.05) is 13.2 Å². The smallest absolute Gasteiger partial charge is 0.252 e. The zero-order valence-corrected chi connectivity index (χ0v) is 10.6. The van der Waals surface area contributed by atoms with Crippen LogP contribution < -0.4 is 5.32 Å². The highest BCUT2D eigenvalue weighted by Gasteiger charge is 2.38. The predicted molar refractivity (Wildman–Crippen MR) is 68.0 cm³/mol. The van der Waals surface area contributed by atoms with Crippen molar-refractivity contribution in [2.45, 2.75) is 31.4 Å². The first kappa shape index (κ1) is 13.1. The van der Waals surface area contributed by atoms with E-state index in [2.05, 4.69) is 5.32 Å². The summed E-state index contributed by atoms with van der Waals surface area (Å²) in [4.78, 5) is 12.2. The molecule has 1 heterocycles. The summed E-state index contributed by atoms with van der Waals surface area (Å²) in [6.07, 6.45) is 1.63. The minimum Gasteiger partial charge on any atom is -0.394 e. The second-order valence-corrected chi connectivity index (χ2v) is 4.80. The number of carbonyl (C=O) groups excluding carboxylic acids is 1. The summed E-state index contributed by atoms with van der Waals surface area (Å²) in [6.45, 7) is 2.31. The summed E-state index contributed by atoms with van der Waals surface area (Å²) in [7, 11) is 0. The molecule has 0 aliphatic carbocycles. The Hall–Kier alpha value is -1.39. The highest BCUT2D eigenvalue weighted by atomic mass is 16.5. The number of rotatable bonds is 4. The monoisotopic (exact) mass is 249 g/mol. The van der Waals surface area contributed by atoms with E-state index in [1.165, 1.54) is 0 Å².